The number of ether oxygens (including phenoxy) is 2. The van der Waals surface area contributed by atoms with Gasteiger partial charge in [-0.15, -0.1) is 0 Å². The second kappa shape index (κ2) is 7.47. The Morgan fingerprint density at radius 1 is 1.17 bits per heavy atom. The first-order chi connectivity index (χ1) is 14.1. The van der Waals surface area contributed by atoms with Crippen molar-refractivity contribution >= 4 is 11.6 Å². The maximum Gasteiger partial charge on any atom is 0.255 e. The molecule has 2 saturated heterocycles. The van der Waals surface area contributed by atoms with E-state index in [9.17, 15) is 4.79 Å². The van der Waals surface area contributed by atoms with Crippen molar-refractivity contribution in [3.63, 3.8) is 0 Å². The number of carbonyl (C=O) groups excluding carboxylic acids is 1. The number of morpholine rings is 1. The monoisotopic (exact) mass is 392 g/mol. The zero-order valence-electron chi connectivity index (χ0n) is 16.8. The molecule has 3 unspecified atom stereocenters. The molecule has 152 valence electrons. The number of hydrogen-bond acceptors (Lipinski definition) is 4. The summed E-state index contributed by atoms with van der Waals surface area (Å²) in [5.74, 6) is 1.96. The van der Waals surface area contributed by atoms with E-state index in [1.807, 2.05) is 36.4 Å². The first kappa shape index (κ1) is 18.6. The van der Waals surface area contributed by atoms with Crippen LogP contribution in [-0.2, 0) is 11.2 Å². The average Bonchev–Trinajstić information content (AvgIpc) is 3.48. The average molecular weight is 392 g/mol. The molecule has 5 rings (SSSR count). The predicted octanol–water partition coefficient (Wildman–Crippen LogP) is 3.65. The summed E-state index contributed by atoms with van der Waals surface area (Å²) in [6, 6.07) is 15.9. The molecule has 5 heteroatoms. The highest BCUT2D eigenvalue weighted by Gasteiger charge is 2.52. The van der Waals surface area contributed by atoms with Gasteiger partial charge in [0.2, 0.25) is 0 Å². The summed E-state index contributed by atoms with van der Waals surface area (Å²) in [4.78, 5) is 12.5. The predicted molar refractivity (Wildman–Crippen MR) is 112 cm³/mol. The SMILES string of the molecule is CC1C2COC1(Cc1ccc(NC(=O)c3ccc(OCC4CC4)cc3)cc1)CN2. The lowest BCUT2D eigenvalue weighted by atomic mass is 9.85. The Balaban J connectivity index is 1.18. The van der Waals surface area contributed by atoms with E-state index >= 15 is 0 Å². The van der Waals surface area contributed by atoms with Crippen LogP contribution in [-0.4, -0.2) is 37.3 Å². The normalized spacial score (nSPS) is 27.8. The van der Waals surface area contributed by atoms with Crippen LogP contribution in [0.15, 0.2) is 48.5 Å². The van der Waals surface area contributed by atoms with Gasteiger partial charge in [-0.2, -0.15) is 0 Å². The summed E-state index contributed by atoms with van der Waals surface area (Å²) < 4.78 is 11.8. The molecule has 1 aliphatic carbocycles. The highest BCUT2D eigenvalue weighted by atomic mass is 16.5. The van der Waals surface area contributed by atoms with Crippen LogP contribution in [0.4, 0.5) is 5.69 Å². The number of fused-ring (bicyclic) bond motifs is 2. The molecule has 3 atom stereocenters. The third-order valence-corrected chi connectivity index (χ3v) is 6.66. The molecular formula is C24H28N2O3. The Labute approximate surface area is 171 Å². The van der Waals surface area contributed by atoms with E-state index in [1.165, 1.54) is 18.4 Å². The quantitative estimate of drug-likeness (QED) is 0.755. The van der Waals surface area contributed by atoms with Gasteiger partial charge in [0.05, 0.1) is 18.8 Å². The number of hydrogen-bond donors (Lipinski definition) is 2. The highest BCUT2D eigenvalue weighted by molar-refractivity contribution is 6.04. The molecule has 2 aliphatic heterocycles. The van der Waals surface area contributed by atoms with Gasteiger partial charge in [0.1, 0.15) is 5.75 Å². The van der Waals surface area contributed by atoms with Crippen molar-refractivity contribution in [1.82, 2.24) is 5.32 Å². The third-order valence-electron chi connectivity index (χ3n) is 6.66. The van der Waals surface area contributed by atoms with Crippen molar-refractivity contribution in [2.24, 2.45) is 11.8 Å². The lowest BCUT2D eigenvalue weighted by Crippen LogP contribution is -2.41. The van der Waals surface area contributed by atoms with Crippen molar-refractivity contribution < 1.29 is 14.3 Å². The number of benzene rings is 2. The lowest BCUT2D eigenvalue weighted by Gasteiger charge is -2.29. The molecule has 2 bridgehead atoms. The maximum absolute atomic E-state index is 12.5. The largest absolute Gasteiger partial charge is 0.493 e. The summed E-state index contributed by atoms with van der Waals surface area (Å²) in [5.41, 5.74) is 2.58. The van der Waals surface area contributed by atoms with E-state index in [-0.39, 0.29) is 11.5 Å². The fraction of sp³-hybridized carbons (Fsp3) is 0.458. The Morgan fingerprint density at radius 2 is 1.93 bits per heavy atom. The Morgan fingerprint density at radius 3 is 2.52 bits per heavy atom. The Bertz CT molecular complexity index is 866. The van der Waals surface area contributed by atoms with Gasteiger partial charge < -0.3 is 20.1 Å². The van der Waals surface area contributed by atoms with Gasteiger partial charge in [-0.3, -0.25) is 4.79 Å². The van der Waals surface area contributed by atoms with E-state index in [4.69, 9.17) is 9.47 Å². The molecule has 0 radical (unpaired) electrons. The Hall–Kier alpha value is -2.37. The zero-order chi connectivity index (χ0) is 19.8. The molecule has 29 heavy (non-hydrogen) atoms. The number of carbonyl (C=O) groups is 1. The summed E-state index contributed by atoms with van der Waals surface area (Å²) in [7, 11) is 0. The second-order valence-electron chi connectivity index (χ2n) is 8.76. The molecule has 0 spiro atoms. The fourth-order valence-electron chi connectivity index (χ4n) is 4.38. The topological polar surface area (TPSA) is 59.6 Å². The molecule has 3 fully saturated rings. The maximum atomic E-state index is 12.5. The first-order valence-corrected chi connectivity index (χ1v) is 10.6. The van der Waals surface area contributed by atoms with Gasteiger partial charge in [-0.1, -0.05) is 19.1 Å². The highest BCUT2D eigenvalue weighted by Crippen LogP contribution is 2.39. The lowest BCUT2D eigenvalue weighted by molar-refractivity contribution is -0.0189. The molecule has 2 heterocycles. The van der Waals surface area contributed by atoms with Gasteiger partial charge in [0, 0.05) is 36.2 Å². The van der Waals surface area contributed by atoms with E-state index in [2.05, 4.69) is 29.7 Å². The van der Waals surface area contributed by atoms with Crippen LogP contribution >= 0.6 is 0 Å². The summed E-state index contributed by atoms with van der Waals surface area (Å²) in [5, 5.41) is 6.53. The fourth-order valence-corrected chi connectivity index (χ4v) is 4.38. The van der Waals surface area contributed by atoms with E-state index in [1.54, 1.807) is 0 Å². The molecule has 0 aromatic heterocycles. The van der Waals surface area contributed by atoms with Crippen LogP contribution in [0.2, 0.25) is 0 Å². The standard InChI is InChI=1S/C24H28N2O3/c1-16-22-14-29-24(16,15-25-22)12-17-4-8-20(9-5-17)26-23(27)19-6-10-21(11-7-19)28-13-18-2-3-18/h4-11,16,18,22,25H,2-3,12-15H2,1H3,(H,26,27). The van der Waals surface area contributed by atoms with Crippen molar-refractivity contribution in [3.05, 3.63) is 59.7 Å². The molecule has 5 nitrogen and oxygen atoms in total. The van der Waals surface area contributed by atoms with Crippen LogP contribution in [0.3, 0.4) is 0 Å². The minimum Gasteiger partial charge on any atom is -0.493 e. The smallest absolute Gasteiger partial charge is 0.255 e. The molecule has 2 aromatic rings. The number of anilines is 1. The van der Waals surface area contributed by atoms with E-state index in [0.717, 1.165) is 43.5 Å². The van der Waals surface area contributed by atoms with Crippen molar-refractivity contribution in [2.75, 3.05) is 25.1 Å². The first-order valence-electron chi connectivity index (χ1n) is 10.6. The minimum atomic E-state index is -0.110. The van der Waals surface area contributed by atoms with Gasteiger partial charge in [0.25, 0.3) is 5.91 Å². The second-order valence-corrected chi connectivity index (χ2v) is 8.76. The van der Waals surface area contributed by atoms with E-state index in [0.29, 0.717) is 17.5 Å². The van der Waals surface area contributed by atoms with Gasteiger partial charge in [-0.25, -0.2) is 0 Å². The van der Waals surface area contributed by atoms with Crippen molar-refractivity contribution in [1.29, 1.82) is 0 Å². The molecule has 1 saturated carbocycles. The zero-order valence-corrected chi connectivity index (χ0v) is 16.8. The van der Waals surface area contributed by atoms with Gasteiger partial charge >= 0.3 is 0 Å². The number of rotatable bonds is 7. The summed E-state index contributed by atoms with van der Waals surface area (Å²) in [6.45, 7) is 4.77. The van der Waals surface area contributed by atoms with Crippen LogP contribution in [0.25, 0.3) is 0 Å². The van der Waals surface area contributed by atoms with E-state index < -0.39 is 0 Å². The van der Waals surface area contributed by atoms with Crippen LogP contribution in [0.5, 0.6) is 5.75 Å². The van der Waals surface area contributed by atoms with Crippen molar-refractivity contribution in [3.8, 4) is 5.75 Å². The summed E-state index contributed by atoms with van der Waals surface area (Å²) in [6.07, 6.45) is 3.43. The third kappa shape index (κ3) is 3.89. The minimum absolute atomic E-state index is 0.0846. The molecule has 3 aliphatic rings. The van der Waals surface area contributed by atoms with Gasteiger partial charge in [0.15, 0.2) is 0 Å². The number of nitrogens with one attached hydrogen (secondary N) is 2. The van der Waals surface area contributed by atoms with Crippen LogP contribution in [0.1, 0.15) is 35.7 Å². The van der Waals surface area contributed by atoms with Gasteiger partial charge in [-0.05, 0) is 60.7 Å². The van der Waals surface area contributed by atoms with Crippen molar-refractivity contribution in [2.45, 2.75) is 37.8 Å². The molecule has 2 aromatic carbocycles. The summed E-state index contributed by atoms with van der Waals surface area (Å²) >= 11 is 0. The van der Waals surface area contributed by atoms with Crippen LogP contribution in [0, 0.1) is 11.8 Å². The van der Waals surface area contributed by atoms with Crippen LogP contribution < -0.4 is 15.4 Å². The molecule has 1 amide bonds. The molecule has 2 N–H and O–H groups in total. The Kier molecular flexibility index (Phi) is 4.80. The molecular weight excluding hydrogens is 364 g/mol. The number of amides is 1.